The molecule has 0 aliphatic heterocycles. The van der Waals surface area contributed by atoms with Gasteiger partial charge >= 0.3 is 13.8 Å². The summed E-state index contributed by atoms with van der Waals surface area (Å²) in [6.07, 6.45) is 13.7. The van der Waals surface area contributed by atoms with E-state index in [1.54, 1.807) is 0 Å². The number of carbonyl (C=O) groups excluding carboxylic acids is 1. The Kier molecular flexibility index (Phi) is 17.1. The van der Waals surface area contributed by atoms with E-state index in [9.17, 15) is 14.5 Å². The lowest BCUT2D eigenvalue weighted by molar-refractivity contribution is -0.147. The van der Waals surface area contributed by atoms with Crippen molar-refractivity contribution in [3.05, 3.63) is 0 Å². The van der Waals surface area contributed by atoms with Crippen LogP contribution in [0, 0.1) is 5.92 Å². The molecule has 0 aliphatic rings. The minimum absolute atomic E-state index is 0.294. The summed E-state index contributed by atoms with van der Waals surface area (Å²) in [5.74, 6) is 0.413. The Bertz CT molecular complexity index is 423. The number of hydrogen-bond acceptors (Lipinski definition) is 5. The Balaban J connectivity index is 3.33. The molecule has 1 atom stereocenters. The number of hydrogen-bond donors (Lipinski definition) is 3. The molecular formula is C20H41O7P. The molecule has 168 valence electrons. The zero-order chi connectivity index (χ0) is 21.3. The van der Waals surface area contributed by atoms with Gasteiger partial charge in [0.2, 0.25) is 0 Å². The van der Waals surface area contributed by atoms with E-state index >= 15 is 0 Å². The monoisotopic (exact) mass is 424 g/mol. The van der Waals surface area contributed by atoms with Crippen LogP contribution >= 0.6 is 7.82 Å². The Morgan fingerprint density at radius 3 is 1.75 bits per heavy atom. The number of carbonyl (C=O) groups is 1. The van der Waals surface area contributed by atoms with Crippen LogP contribution in [-0.4, -0.2) is 40.2 Å². The summed E-state index contributed by atoms with van der Waals surface area (Å²) in [5, 5.41) is 9.41. The van der Waals surface area contributed by atoms with E-state index in [1.165, 1.54) is 57.8 Å². The smallest absolute Gasteiger partial charge is 0.463 e. The van der Waals surface area contributed by atoms with Gasteiger partial charge in [-0.3, -0.25) is 9.32 Å². The van der Waals surface area contributed by atoms with E-state index in [1.807, 2.05) is 0 Å². The summed E-state index contributed by atoms with van der Waals surface area (Å²) < 4.78 is 19.5. The number of phosphoric acid groups is 1. The standard InChI is InChI=1S/C20H41O7P/c1-18(2)14-12-10-8-6-4-3-5-7-9-11-13-15-20(22)26-16-19(21)17-27-28(23,24)25/h18-19,21H,3-17H2,1-2H3,(H2,23,24,25). The SMILES string of the molecule is CC(C)CCCCCCCCCCCCCC(=O)OCC(O)COP(=O)(O)O. The van der Waals surface area contributed by atoms with E-state index in [4.69, 9.17) is 14.5 Å². The topological polar surface area (TPSA) is 113 Å². The van der Waals surface area contributed by atoms with Crippen LogP contribution in [-0.2, 0) is 18.6 Å². The molecule has 0 spiro atoms. The second-order valence-electron chi connectivity index (χ2n) is 7.94. The quantitative estimate of drug-likeness (QED) is 0.156. The molecule has 0 saturated carbocycles. The third kappa shape index (κ3) is 21.8. The van der Waals surface area contributed by atoms with Gasteiger partial charge in [0.25, 0.3) is 0 Å². The second-order valence-corrected chi connectivity index (χ2v) is 9.18. The molecule has 0 aromatic carbocycles. The fourth-order valence-corrected chi connectivity index (χ4v) is 3.27. The average Bonchev–Trinajstić information content (AvgIpc) is 2.61. The normalized spacial score (nSPS) is 13.1. The van der Waals surface area contributed by atoms with Gasteiger partial charge in [0.15, 0.2) is 0 Å². The van der Waals surface area contributed by atoms with Gasteiger partial charge in [0, 0.05) is 6.42 Å². The lowest BCUT2D eigenvalue weighted by atomic mass is 10.0. The highest BCUT2D eigenvalue weighted by Crippen LogP contribution is 2.35. The number of esters is 1. The molecule has 0 bridgehead atoms. The molecule has 0 saturated heterocycles. The van der Waals surface area contributed by atoms with Gasteiger partial charge in [0.1, 0.15) is 12.7 Å². The fraction of sp³-hybridized carbons (Fsp3) is 0.950. The van der Waals surface area contributed by atoms with Gasteiger partial charge in [0.05, 0.1) is 6.61 Å². The highest BCUT2D eigenvalue weighted by atomic mass is 31.2. The molecule has 0 radical (unpaired) electrons. The Morgan fingerprint density at radius 1 is 0.821 bits per heavy atom. The van der Waals surface area contributed by atoms with E-state index in [2.05, 4.69) is 18.4 Å². The fourth-order valence-electron chi connectivity index (χ4n) is 2.91. The third-order valence-corrected chi connectivity index (χ3v) is 5.02. The maximum absolute atomic E-state index is 11.5. The van der Waals surface area contributed by atoms with E-state index in [-0.39, 0.29) is 6.61 Å². The van der Waals surface area contributed by atoms with Gasteiger partial charge in [-0.1, -0.05) is 84.5 Å². The van der Waals surface area contributed by atoms with E-state index in [0.717, 1.165) is 25.2 Å². The maximum Gasteiger partial charge on any atom is 0.469 e. The molecule has 0 fully saturated rings. The van der Waals surface area contributed by atoms with Crippen molar-refractivity contribution in [3.63, 3.8) is 0 Å². The minimum atomic E-state index is -4.61. The summed E-state index contributed by atoms with van der Waals surface area (Å²) in [7, 11) is -4.61. The second kappa shape index (κ2) is 17.4. The van der Waals surface area contributed by atoms with Crippen molar-refractivity contribution in [1.82, 2.24) is 0 Å². The van der Waals surface area contributed by atoms with Crippen LogP contribution in [0.25, 0.3) is 0 Å². The highest BCUT2D eigenvalue weighted by Gasteiger charge is 2.17. The van der Waals surface area contributed by atoms with Crippen molar-refractivity contribution in [3.8, 4) is 0 Å². The number of ether oxygens (including phenoxy) is 1. The zero-order valence-electron chi connectivity index (χ0n) is 17.7. The van der Waals surface area contributed by atoms with Crippen LogP contribution in [0.15, 0.2) is 0 Å². The van der Waals surface area contributed by atoms with Crippen LogP contribution in [0.2, 0.25) is 0 Å². The summed E-state index contributed by atoms with van der Waals surface area (Å²) in [6, 6.07) is 0. The predicted octanol–water partition coefficient (Wildman–Crippen LogP) is 4.73. The van der Waals surface area contributed by atoms with Gasteiger partial charge in [-0.05, 0) is 12.3 Å². The van der Waals surface area contributed by atoms with Gasteiger partial charge in [-0.25, -0.2) is 4.57 Å². The molecule has 7 nitrogen and oxygen atoms in total. The molecule has 0 aromatic rings. The summed E-state index contributed by atoms with van der Waals surface area (Å²) in [4.78, 5) is 28.6. The molecule has 0 aliphatic carbocycles. The first-order chi connectivity index (χ1) is 13.2. The highest BCUT2D eigenvalue weighted by molar-refractivity contribution is 7.46. The lowest BCUT2D eigenvalue weighted by Crippen LogP contribution is -2.23. The first kappa shape index (κ1) is 27.5. The largest absolute Gasteiger partial charge is 0.469 e. The summed E-state index contributed by atoms with van der Waals surface area (Å²) >= 11 is 0. The van der Waals surface area contributed by atoms with Crippen LogP contribution in [0.5, 0.6) is 0 Å². The number of rotatable bonds is 19. The Morgan fingerprint density at radius 2 is 1.29 bits per heavy atom. The van der Waals surface area contributed by atoms with E-state index < -0.39 is 26.5 Å². The Labute approximate surface area is 170 Å². The summed E-state index contributed by atoms with van der Waals surface area (Å²) in [6.45, 7) is 3.66. The first-order valence-corrected chi connectivity index (χ1v) is 12.3. The molecular weight excluding hydrogens is 383 g/mol. The van der Waals surface area contributed by atoms with Gasteiger partial charge in [-0.15, -0.1) is 0 Å². The Hall–Kier alpha value is -0.460. The maximum atomic E-state index is 11.5. The average molecular weight is 425 g/mol. The molecule has 0 amide bonds. The van der Waals surface area contributed by atoms with Crippen molar-refractivity contribution in [2.45, 2.75) is 103 Å². The predicted molar refractivity (Wildman–Crippen MR) is 110 cm³/mol. The van der Waals surface area contributed by atoms with Gasteiger partial charge < -0.3 is 19.6 Å². The van der Waals surface area contributed by atoms with Crippen LogP contribution in [0.3, 0.4) is 0 Å². The molecule has 0 heterocycles. The number of unbranched alkanes of at least 4 members (excludes halogenated alkanes) is 10. The number of aliphatic hydroxyl groups excluding tert-OH is 1. The van der Waals surface area contributed by atoms with Crippen molar-refractivity contribution in [2.24, 2.45) is 5.92 Å². The molecule has 1 unspecified atom stereocenters. The molecule has 28 heavy (non-hydrogen) atoms. The van der Waals surface area contributed by atoms with Crippen molar-refractivity contribution < 1.29 is 33.5 Å². The number of aliphatic hydroxyl groups is 1. The van der Waals surface area contributed by atoms with Crippen LogP contribution < -0.4 is 0 Å². The van der Waals surface area contributed by atoms with Crippen molar-refractivity contribution >= 4 is 13.8 Å². The first-order valence-electron chi connectivity index (χ1n) is 10.7. The lowest BCUT2D eigenvalue weighted by Gasteiger charge is -2.12. The zero-order valence-corrected chi connectivity index (χ0v) is 18.6. The molecule has 3 N–H and O–H groups in total. The van der Waals surface area contributed by atoms with Crippen LogP contribution in [0.4, 0.5) is 0 Å². The van der Waals surface area contributed by atoms with Crippen LogP contribution in [0.1, 0.15) is 97.3 Å². The van der Waals surface area contributed by atoms with Gasteiger partial charge in [-0.2, -0.15) is 0 Å². The van der Waals surface area contributed by atoms with E-state index in [0.29, 0.717) is 6.42 Å². The molecule has 8 heteroatoms. The molecule has 0 rings (SSSR count). The summed E-state index contributed by atoms with van der Waals surface area (Å²) in [5.41, 5.74) is 0. The molecule has 0 aromatic heterocycles. The van der Waals surface area contributed by atoms with Crippen molar-refractivity contribution in [1.29, 1.82) is 0 Å². The van der Waals surface area contributed by atoms with Crippen molar-refractivity contribution in [2.75, 3.05) is 13.2 Å². The third-order valence-electron chi connectivity index (χ3n) is 4.53. The minimum Gasteiger partial charge on any atom is -0.463 e. The number of phosphoric ester groups is 1.